The first-order valence-electron chi connectivity index (χ1n) is 6.50. The first-order valence-corrected chi connectivity index (χ1v) is 8.67. The van der Waals surface area contributed by atoms with Crippen molar-refractivity contribution in [2.75, 3.05) is 11.6 Å². The monoisotopic (exact) mass is 309 g/mol. The highest BCUT2D eigenvalue weighted by Crippen LogP contribution is 2.37. The number of anilines is 1. The van der Waals surface area contributed by atoms with Crippen molar-refractivity contribution >= 4 is 44.7 Å². The Hall–Kier alpha value is -1.34. The Morgan fingerprint density at radius 2 is 2.35 bits per heavy atom. The number of hydrogen-bond donors (Lipinski definition) is 1. The maximum atomic E-state index is 11.4. The van der Waals surface area contributed by atoms with Crippen LogP contribution in [0.3, 0.4) is 0 Å². The summed E-state index contributed by atoms with van der Waals surface area (Å²) in [6.07, 6.45) is 5.52. The molecule has 0 spiro atoms. The summed E-state index contributed by atoms with van der Waals surface area (Å²) in [6.45, 7) is 0. The molecular weight excluding hydrogens is 294 g/mol. The molecule has 2 aromatic rings. The summed E-state index contributed by atoms with van der Waals surface area (Å²) in [4.78, 5) is 15.2. The fraction of sp³-hybridized carbons (Fsp3) is 0.462. The number of nitrogens with one attached hydrogen (secondary N) is 1. The van der Waals surface area contributed by atoms with Gasteiger partial charge < -0.3 is 5.32 Å². The van der Waals surface area contributed by atoms with Gasteiger partial charge in [0, 0.05) is 11.3 Å². The largest absolute Gasteiger partial charge is 0.376 e. The Balaban J connectivity index is 1.98. The van der Waals surface area contributed by atoms with Crippen molar-refractivity contribution in [2.45, 2.75) is 30.6 Å². The van der Waals surface area contributed by atoms with Crippen LogP contribution >= 0.6 is 23.1 Å². The van der Waals surface area contributed by atoms with E-state index in [9.17, 15) is 10.1 Å². The minimum Gasteiger partial charge on any atom is -0.376 e. The molecule has 0 amide bonds. The maximum absolute atomic E-state index is 11.4. The number of nitrogens with zero attached hydrogens (tertiary/aromatic N) is 2. The number of aromatic nitrogens is 1. The number of fused-ring (bicyclic) bond motifs is 1. The molecule has 1 aliphatic carbocycles. The van der Waals surface area contributed by atoms with Gasteiger partial charge in [-0.05, 0) is 31.2 Å². The van der Waals surface area contributed by atoms with Crippen LogP contribution in [0.15, 0.2) is 17.6 Å². The topological polar surface area (TPSA) is 68.1 Å². The normalized spacial score (nSPS) is 22.2. The summed E-state index contributed by atoms with van der Waals surface area (Å²) < 4.78 is 0.857. The van der Waals surface area contributed by atoms with E-state index in [2.05, 4.69) is 16.6 Å². The summed E-state index contributed by atoms with van der Waals surface area (Å²) in [5, 5.41) is 15.3. The van der Waals surface area contributed by atoms with E-state index >= 15 is 0 Å². The van der Waals surface area contributed by atoms with Gasteiger partial charge in [0.05, 0.1) is 15.1 Å². The standard InChI is InChI=1S/C13H15N3O2S2/c1-19-10-4-2-3-8(10)15-9-5-6-11-12(14-7-20-11)13(9)16(17)18/h5-8,10,15H,2-4H2,1H3. The fourth-order valence-electron chi connectivity index (χ4n) is 2.79. The van der Waals surface area contributed by atoms with Crippen LogP contribution in [0.25, 0.3) is 10.2 Å². The first-order chi connectivity index (χ1) is 9.70. The van der Waals surface area contributed by atoms with Gasteiger partial charge in [-0.3, -0.25) is 10.1 Å². The van der Waals surface area contributed by atoms with Crippen LogP contribution in [-0.4, -0.2) is 27.5 Å². The number of nitro groups is 1. The van der Waals surface area contributed by atoms with Crippen LogP contribution in [0.5, 0.6) is 0 Å². The van der Waals surface area contributed by atoms with Crippen LogP contribution in [0.2, 0.25) is 0 Å². The molecule has 1 aromatic heterocycles. The SMILES string of the molecule is CSC1CCCC1Nc1ccc2scnc2c1[N+](=O)[O-]. The quantitative estimate of drug-likeness (QED) is 0.685. The molecule has 0 saturated heterocycles. The molecule has 5 nitrogen and oxygen atoms in total. The first kappa shape index (κ1) is 13.6. The van der Waals surface area contributed by atoms with Crippen molar-refractivity contribution in [3.63, 3.8) is 0 Å². The molecule has 1 aliphatic rings. The maximum Gasteiger partial charge on any atom is 0.319 e. The van der Waals surface area contributed by atoms with Gasteiger partial charge in [0.2, 0.25) is 0 Å². The minimum atomic E-state index is -0.326. The van der Waals surface area contributed by atoms with Gasteiger partial charge in [0.1, 0.15) is 5.69 Å². The van der Waals surface area contributed by atoms with Gasteiger partial charge in [0.25, 0.3) is 0 Å². The zero-order valence-corrected chi connectivity index (χ0v) is 12.7. The van der Waals surface area contributed by atoms with Crippen molar-refractivity contribution in [3.05, 3.63) is 27.8 Å². The highest BCUT2D eigenvalue weighted by atomic mass is 32.2. The van der Waals surface area contributed by atoms with Crippen LogP contribution in [0.1, 0.15) is 19.3 Å². The molecule has 7 heteroatoms. The lowest BCUT2D eigenvalue weighted by Gasteiger charge is -2.20. The van der Waals surface area contributed by atoms with E-state index in [1.807, 2.05) is 23.9 Å². The fourth-order valence-corrected chi connectivity index (χ4v) is 4.41. The Kier molecular flexibility index (Phi) is 3.80. The Labute approximate surface area is 124 Å². The van der Waals surface area contributed by atoms with Gasteiger partial charge in [-0.15, -0.1) is 11.3 Å². The third kappa shape index (κ3) is 2.35. The van der Waals surface area contributed by atoms with Crippen LogP contribution in [-0.2, 0) is 0 Å². The average molecular weight is 309 g/mol. The average Bonchev–Trinajstić information content (AvgIpc) is 3.06. The molecule has 0 bridgehead atoms. The Morgan fingerprint density at radius 3 is 3.10 bits per heavy atom. The highest BCUT2D eigenvalue weighted by Gasteiger charge is 2.29. The summed E-state index contributed by atoms with van der Waals surface area (Å²) in [5.74, 6) is 0. The molecule has 106 valence electrons. The molecule has 20 heavy (non-hydrogen) atoms. The molecule has 1 saturated carbocycles. The van der Waals surface area contributed by atoms with Gasteiger partial charge in [-0.2, -0.15) is 11.8 Å². The molecular formula is C13H15N3O2S2. The van der Waals surface area contributed by atoms with Gasteiger partial charge in [0.15, 0.2) is 5.52 Å². The van der Waals surface area contributed by atoms with Crippen LogP contribution < -0.4 is 5.32 Å². The lowest BCUT2D eigenvalue weighted by Crippen LogP contribution is -2.26. The molecule has 0 aliphatic heterocycles. The lowest BCUT2D eigenvalue weighted by molar-refractivity contribution is -0.382. The Bertz CT molecular complexity index is 644. The van der Waals surface area contributed by atoms with E-state index in [1.165, 1.54) is 24.2 Å². The lowest BCUT2D eigenvalue weighted by atomic mass is 10.2. The Morgan fingerprint density at radius 1 is 1.50 bits per heavy atom. The number of thioether (sulfide) groups is 1. The van der Waals surface area contributed by atoms with Crippen molar-refractivity contribution in [1.29, 1.82) is 0 Å². The summed E-state index contributed by atoms with van der Waals surface area (Å²) in [6, 6.07) is 4.03. The molecule has 2 atom stereocenters. The molecule has 1 fully saturated rings. The van der Waals surface area contributed by atoms with Crippen LogP contribution in [0, 0.1) is 10.1 Å². The molecule has 3 rings (SSSR count). The highest BCUT2D eigenvalue weighted by molar-refractivity contribution is 7.99. The van der Waals surface area contributed by atoms with Crippen molar-refractivity contribution in [1.82, 2.24) is 4.98 Å². The zero-order valence-electron chi connectivity index (χ0n) is 11.0. The van der Waals surface area contributed by atoms with Gasteiger partial charge >= 0.3 is 5.69 Å². The second-order valence-corrected chi connectivity index (χ2v) is 6.84. The smallest absolute Gasteiger partial charge is 0.319 e. The third-order valence-electron chi connectivity index (χ3n) is 3.75. The van der Waals surface area contributed by atoms with Gasteiger partial charge in [-0.25, -0.2) is 4.98 Å². The second kappa shape index (κ2) is 5.57. The van der Waals surface area contributed by atoms with Crippen molar-refractivity contribution in [2.24, 2.45) is 0 Å². The number of nitro benzene ring substituents is 1. The summed E-state index contributed by atoms with van der Waals surface area (Å²) >= 11 is 3.26. The van der Waals surface area contributed by atoms with E-state index in [-0.39, 0.29) is 10.6 Å². The minimum absolute atomic E-state index is 0.107. The second-order valence-electron chi connectivity index (χ2n) is 4.87. The van der Waals surface area contributed by atoms with E-state index in [0.717, 1.165) is 11.1 Å². The third-order valence-corrected chi connectivity index (χ3v) is 5.72. The molecule has 1 N–H and O–H groups in total. The molecule has 1 heterocycles. The van der Waals surface area contributed by atoms with Crippen LogP contribution in [0.4, 0.5) is 11.4 Å². The molecule has 2 unspecified atom stereocenters. The summed E-state index contributed by atoms with van der Waals surface area (Å²) in [7, 11) is 0. The molecule has 1 aromatic carbocycles. The number of benzene rings is 1. The summed E-state index contributed by atoms with van der Waals surface area (Å²) in [5.41, 5.74) is 2.85. The van der Waals surface area contributed by atoms with E-state index in [0.29, 0.717) is 22.5 Å². The predicted molar refractivity (Wildman–Crippen MR) is 84.8 cm³/mol. The molecule has 0 radical (unpaired) electrons. The number of rotatable bonds is 4. The van der Waals surface area contributed by atoms with E-state index in [4.69, 9.17) is 0 Å². The van der Waals surface area contributed by atoms with E-state index in [1.54, 1.807) is 5.51 Å². The zero-order chi connectivity index (χ0) is 14.1. The number of hydrogen-bond acceptors (Lipinski definition) is 6. The number of thiazole rings is 1. The van der Waals surface area contributed by atoms with Crippen molar-refractivity contribution in [3.8, 4) is 0 Å². The predicted octanol–water partition coefficient (Wildman–Crippen LogP) is 3.90. The van der Waals surface area contributed by atoms with Gasteiger partial charge in [-0.1, -0.05) is 6.42 Å². The van der Waals surface area contributed by atoms with Crippen molar-refractivity contribution < 1.29 is 4.92 Å². The van der Waals surface area contributed by atoms with E-state index < -0.39 is 0 Å².